The Hall–Kier alpha value is -1.47. The molecule has 0 radical (unpaired) electrons. The minimum Gasteiger partial charge on any atom is -0.0613 e. The lowest BCUT2D eigenvalue weighted by Gasteiger charge is -1.90. The molecule has 0 nitrogen and oxygen atoms in total. The predicted molar refractivity (Wildman–Crippen MR) is 63.7 cm³/mol. The molecule has 0 unspecified atom stereocenters. The average molecular weight is 198 g/mol. The van der Waals surface area contributed by atoms with Crippen molar-refractivity contribution in [1.29, 1.82) is 0 Å². The van der Waals surface area contributed by atoms with Crippen LogP contribution in [0, 0.1) is 0 Å². The maximum atomic E-state index is 8.14. The van der Waals surface area contributed by atoms with Crippen LogP contribution in [0.2, 0.25) is 0 Å². The van der Waals surface area contributed by atoms with Crippen molar-refractivity contribution in [2.45, 2.75) is 0 Å². The highest BCUT2D eigenvalue weighted by Crippen LogP contribution is 2.27. The van der Waals surface area contributed by atoms with E-state index < -0.39 is 0 Å². The van der Waals surface area contributed by atoms with Crippen molar-refractivity contribution >= 4 is 31.5 Å². The Morgan fingerprint density at radius 2 is 1.29 bits per heavy atom. The molecule has 0 aliphatic carbocycles. The van der Waals surface area contributed by atoms with Crippen molar-refractivity contribution in [3.8, 4) is 0 Å². The Kier molecular flexibility index (Phi) is 1.50. The van der Waals surface area contributed by atoms with Crippen LogP contribution in [0.1, 0.15) is 1.37 Å². The Morgan fingerprint density at radius 3 is 1.86 bits per heavy atom. The van der Waals surface area contributed by atoms with Crippen LogP contribution in [-0.4, -0.2) is 0 Å². The van der Waals surface area contributed by atoms with Crippen LogP contribution in [0.15, 0.2) is 54.6 Å². The van der Waals surface area contributed by atoms with Crippen LogP contribution in [0.5, 0.6) is 0 Å². The van der Waals surface area contributed by atoms with Gasteiger partial charge < -0.3 is 0 Å². The molecule has 0 spiro atoms. The molecule has 0 bridgehead atoms. The maximum absolute atomic E-state index is 8.14. The van der Waals surface area contributed by atoms with Crippen molar-refractivity contribution in [3.05, 3.63) is 54.6 Å². The van der Waals surface area contributed by atoms with Crippen LogP contribution in [-0.2, 0) is 0 Å². The van der Waals surface area contributed by atoms with Crippen LogP contribution in [0.3, 0.4) is 0 Å². The van der Waals surface area contributed by atoms with Gasteiger partial charge in [-0.1, -0.05) is 24.3 Å². The van der Waals surface area contributed by atoms with Gasteiger partial charge in [0.2, 0.25) is 20.7 Å². The molecule has 66 valence electrons. The Bertz CT molecular complexity index is 592. The quantitative estimate of drug-likeness (QED) is 0.372. The number of fused-ring (bicyclic) bond motifs is 2. The topological polar surface area (TPSA) is 0 Å². The van der Waals surface area contributed by atoms with Crippen LogP contribution in [0.25, 0.3) is 20.2 Å². The van der Waals surface area contributed by atoms with Crippen molar-refractivity contribution < 1.29 is 1.37 Å². The van der Waals surface area contributed by atoms with Gasteiger partial charge in [-0.3, -0.25) is 0 Å². The smallest absolute Gasteiger partial charge is 0.0613 e. The summed E-state index contributed by atoms with van der Waals surface area (Å²) in [5.41, 5.74) is 0. The van der Waals surface area contributed by atoms with Crippen molar-refractivity contribution in [1.82, 2.24) is 0 Å². The summed E-state index contributed by atoms with van der Waals surface area (Å²) in [6.45, 7) is 0. The van der Waals surface area contributed by atoms with Gasteiger partial charge in [0.05, 0.1) is 1.37 Å². The molecule has 1 heteroatoms. The molecule has 2 aromatic carbocycles. The van der Waals surface area contributed by atoms with Gasteiger partial charge in [-0.15, -0.1) is 0 Å². The molecule has 3 aromatic rings. The summed E-state index contributed by atoms with van der Waals surface area (Å²) in [6.07, 6.45) is 0. The SMILES string of the molecule is [2H]c1c2ccccc2[s+]c2ccccc12. The summed E-state index contributed by atoms with van der Waals surface area (Å²) < 4.78 is 10.5. The largest absolute Gasteiger partial charge is 0.238 e. The lowest BCUT2D eigenvalue weighted by atomic mass is 10.2. The first kappa shape index (κ1) is 6.91. The second-order valence-electron chi connectivity index (χ2n) is 3.22. The number of benzene rings is 2. The van der Waals surface area contributed by atoms with Gasteiger partial charge in [0, 0.05) is 22.9 Å². The molecule has 0 atom stereocenters. The van der Waals surface area contributed by atoms with E-state index in [-0.39, 0.29) is 0 Å². The molecule has 0 aliphatic heterocycles. The summed E-state index contributed by atoms with van der Waals surface area (Å²) >= 11 is 1.75. The van der Waals surface area contributed by atoms with E-state index in [1.54, 1.807) is 11.3 Å². The zero-order valence-corrected chi connectivity index (χ0v) is 8.34. The molecule has 1 heterocycles. The normalized spacial score (nSPS) is 11.9. The lowest BCUT2D eigenvalue weighted by Crippen LogP contribution is -1.71. The van der Waals surface area contributed by atoms with Gasteiger partial charge in [-0.2, -0.15) is 0 Å². The Morgan fingerprint density at radius 1 is 0.786 bits per heavy atom. The zero-order chi connectivity index (χ0) is 10.3. The van der Waals surface area contributed by atoms with E-state index in [9.17, 15) is 0 Å². The number of hydrogen-bond donors (Lipinski definition) is 0. The van der Waals surface area contributed by atoms with Crippen molar-refractivity contribution in [2.24, 2.45) is 0 Å². The van der Waals surface area contributed by atoms with E-state index in [2.05, 4.69) is 12.1 Å². The van der Waals surface area contributed by atoms with E-state index in [1.807, 2.05) is 36.4 Å². The summed E-state index contributed by atoms with van der Waals surface area (Å²) in [5.74, 6) is 0. The molecule has 3 rings (SSSR count). The molecule has 0 aliphatic rings. The van der Waals surface area contributed by atoms with Gasteiger partial charge in [-0.05, 0) is 18.2 Å². The number of rotatable bonds is 0. The minimum absolute atomic E-state index is 0.639. The third-order valence-corrected chi connectivity index (χ3v) is 3.42. The summed E-state index contributed by atoms with van der Waals surface area (Å²) in [4.78, 5) is 0. The van der Waals surface area contributed by atoms with Gasteiger partial charge in [0.15, 0.2) is 0 Å². The first-order valence-corrected chi connectivity index (χ1v) is 5.38. The second-order valence-corrected chi connectivity index (χ2v) is 4.30. The third kappa shape index (κ3) is 1.17. The average Bonchev–Trinajstić information content (AvgIpc) is 2.30. The summed E-state index contributed by atoms with van der Waals surface area (Å²) in [5, 5.41) is 2.09. The highest BCUT2D eigenvalue weighted by atomic mass is 32.1. The van der Waals surface area contributed by atoms with Gasteiger partial charge in [-0.25, -0.2) is 0 Å². The Labute approximate surface area is 87.9 Å². The highest BCUT2D eigenvalue weighted by molar-refractivity contribution is 7.24. The predicted octanol–water partition coefficient (Wildman–Crippen LogP) is 4.34. The third-order valence-electron chi connectivity index (χ3n) is 2.26. The molecular weight excluding hydrogens is 188 g/mol. The second kappa shape index (κ2) is 3.03. The van der Waals surface area contributed by atoms with Gasteiger partial charge in [0.25, 0.3) is 0 Å². The van der Waals surface area contributed by atoms with E-state index in [0.717, 1.165) is 10.8 Å². The lowest BCUT2D eigenvalue weighted by molar-refractivity contribution is 1.82. The molecular formula is C13H9S+. The Balaban J connectivity index is 2.60. The molecule has 0 saturated carbocycles. The maximum Gasteiger partial charge on any atom is 0.238 e. The first-order valence-electron chi connectivity index (χ1n) is 5.06. The van der Waals surface area contributed by atoms with E-state index >= 15 is 0 Å². The van der Waals surface area contributed by atoms with Crippen LogP contribution in [0.4, 0.5) is 0 Å². The zero-order valence-electron chi connectivity index (χ0n) is 8.53. The van der Waals surface area contributed by atoms with Crippen molar-refractivity contribution in [2.75, 3.05) is 0 Å². The van der Waals surface area contributed by atoms with Gasteiger partial charge in [0.1, 0.15) is 0 Å². The fourth-order valence-electron chi connectivity index (χ4n) is 1.58. The van der Waals surface area contributed by atoms with Crippen molar-refractivity contribution in [3.63, 3.8) is 0 Å². The van der Waals surface area contributed by atoms with E-state index in [0.29, 0.717) is 6.04 Å². The van der Waals surface area contributed by atoms with Gasteiger partial charge >= 0.3 is 0 Å². The highest BCUT2D eigenvalue weighted by Gasteiger charge is 2.08. The fraction of sp³-hybridized carbons (Fsp3) is 0. The monoisotopic (exact) mass is 198 g/mol. The summed E-state index contributed by atoms with van der Waals surface area (Å²) in [6, 6.07) is 16.8. The van der Waals surface area contributed by atoms with E-state index in [1.165, 1.54) is 9.40 Å². The standard InChI is InChI=1S/C13H9S/c1-3-7-12-10(5-1)9-11-6-2-4-8-13(11)14-12/h1-9H/q+1/i9D. The molecule has 0 saturated heterocycles. The number of hydrogen-bond acceptors (Lipinski definition) is 0. The molecule has 0 N–H and O–H groups in total. The molecule has 1 aromatic heterocycles. The van der Waals surface area contributed by atoms with Crippen LogP contribution < -0.4 is 0 Å². The fourth-order valence-corrected chi connectivity index (χ4v) is 2.57. The molecule has 0 fully saturated rings. The first-order chi connectivity index (χ1) is 7.36. The van der Waals surface area contributed by atoms with Crippen LogP contribution >= 0.6 is 11.3 Å². The summed E-state index contributed by atoms with van der Waals surface area (Å²) in [7, 11) is 0. The van der Waals surface area contributed by atoms with E-state index in [4.69, 9.17) is 1.37 Å². The molecule has 0 amide bonds. The molecule has 14 heavy (non-hydrogen) atoms. The minimum atomic E-state index is 0.639.